The molecule has 1 heterocycles. The second kappa shape index (κ2) is 8.69. The van der Waals surface area contributed by atoms with Crippen LogP contribution in [0.25, 0.3) is 11.4 Å². The largest absolute Gasteiger partial charge is 0.483 e. The lowest BCUT2D eigenvalue weighted by Crippen LogP contribution is -2.31. The first kappa shape index (κ1) is 19.6. The van der Waals surface area contributed by atoms with Crippen LogP contribution in [-0.2, 0) is 11.3 Å². The number of carbonyl (C=O) groups excluding carboxylic acids is 1. The topological polar surface area (TPSA) is 68.5 Å². The van der Waals surface area contributed by atoms with Crippen molar-refractivity contribution in [2.75, 3.05) is 13.7 Å². The predicted molar refractivity (Wildman–Crippen MR) is 107 cm³/mol. The van der Waals surface area contributed by atoms with Crippen molar-refractivity contribution in [2.45, 2.75) is 33.2 Å². The molecule has 6 nitrogen and oxygen atoms in total. The number of carbonyl (C=O) groups is 1. The molecule has 0 aliphatic heterocycles. The first-order valence-electron chi connectivity index (χ1n) is 9.29. The van der Waals surface area contributed by atoms with Crippen LogP contribution in [-0.4, -0.2) is 34.6 Å². The maximum Gasteiger partial charge on any atom is 0.260 e. The lowest BCUT2D eigenvalue weighted by molar-refractivity contribution is -0.132. The maximum absolute atomic E-state index is 12.4. The monoisotopic (exact) mass is 379 g/mol. The van der Waals surface area contributed by atoms with E-state index >= 15 is 0 Å². The standard InChI is InChI=1S/C22H25N3O3/c1-15(2)18-7-5-6-8-19(18)27-14-21(26)25(4)13-20-23-22(24-28-20)17-11-9-16(3)10-12-17/h5-12,15H,13-14H2,1-4H3. The van der Waals surface area contributed by atoms with Crippen LogP contribution in [0, 0.1) is 6.92 Å². The Morgan fingerprint density at radius 1 is 1.14 bits per heavy atom. The second-order valence-corrected chi connectivity index (χ2v) is 7.11. The number of para-hydroxylation sites is 1. The molecule has 0 unspecified atom stereocenters. The van der Waals surface area contributed by atoms with Crippen molar-refractivity contribution in [3.8, 4) is 17.1 Å². The molecule has 28 heavy (non-hydrogen) atoms. The lowest BCUT2D eigenvalue weighted by atomic mass is 10.0. The van der Waals surface area contributed by atoms with Crippen LogP contribution in [0.5, 0.6) is 5.75 Å². The summed E-state index contributed by atoms with van der Waals surface area (Å²) in [6.07, 6.45) is 0. The van der Waals surface area contributed by atoms with E-state index in [9.17, 15) is 4.79 Å². The maximum atomic E-state index is 12.4. The molecule has 2 aromatic carbocycles. The van der Waals surface area contributed by atoms with Gasteiger partial charge in [0.25, 0.3) is 5.91 Å². The summed E-state index contributed by atoms with van der Waals surface area (Å²) < 4.78 is 11.0. The van der Waals surface area contributed by atoms with Crippen molar-refractivity contribution in [3.05, 3.63) is 65.5 Å². The van der Waals surface area contributed by atoms with Gasteiger partial charge in [0, 0.05) is 12.6 Å². The third-order valence-corrected chi connectivity index (χ3v) is 4.47. The molecule has 0 aliphatic rings. The molecule has 0 fully saturated rings. The van der Waals surface area contributed by atoms with Gasteiger partial charge in [0.15, 0.2) is 6.61 Å². The summed E-state index contributed by atoms with van der Waals surface area (Å²) in [6, 6.07) is 15.6. The Morgan fingerprint density at radius 3 is 2.57 bits per heavy atom. The van der Waals surface area contributed by atoms with Crippen molar-refractivity contribution in [1.82, 2.24) is 15.0 Å². The van der Waals surface area contributed by atoms with Gasteiger partial charge in [-0.1, -0.05) is 67.0 Å². The van der Waals surface area contributed by atoms with Gasteiger partial charge in [0.2, 0.25) is 11.7 Å². The van der Waals surface area contributed by atoms with Crippen LogP contribution in [0.3, 0.4) is 0 Å². The van der Waals surface area contributed by atoms with Crippen LogP contribution in [0.1, 0.15) is 36.8 Å². The predicted octanol–water partition coefficient (Wildman–Crippen LogP) is 4.21. The summed E-state index contributed by atoms with van der Waals surface area (Å²) in [5.74, 6) is 1.79. The molecular formula is C22H25N3O3. The van der Waals surface area contributed by atoms with Crippen molar-refractivity contribution in [3.63, 3.8) is 0 Å². The average molecular weight is 379 g/mol. The molecule has 0 saturated carbocycles. The first-order chi connectivity index (χ1) is 13.4. The quantitative estimate of drug-likeness (QED) is 0.615. The van der Waals surface area contributed by atoms with Gasteiger partial charge in [-0.05, 0) is 24.5 Å². The number of amides is 1. The van der Waals surface area contributed by atoms with Gasteiger partial charge in [0.1, 0.15) is 5.75 Å². The van der Waals surface area contributed by atoms with E-state index in [0.717, 1.165) is 22.4 Å². The highest BCUT2D eigenvalue weighted by atomic mass is 16.5. The molecule has 0 radical (unpaired) electrons. The van der Waals surface area contributed by atoms with Crippen LogP contribution in [0.2, 0.25) is 0 Å². The van der Waals surface area contributed by atoms with Crippen LogP contribution in [0.4, 0.5) is 0 Å². The molecule has 3 rings (SSSR count). The molecular weight excluding hydrogens is 354 g/mol. The molecule has 6 heteroatoms. The van der Waals surface area contributed by atoms with E-state index in [1.165, 1.54) is 4.90 Å². The Labute approximate surface area is 165 Å². The number of nitrogens with zero attached hydrogens (tertiary/aromatic N) is 3. The van der Waals surface area contributed by atoms with Crippen LogP contribution >= 0.6 is 0 Å². The van der Waals surface area contributed by atoms with Gasteiger partial charge in [-0.3, -0.25) is 4.79 Å². The fraction of sp³-hybridized carbons (Fsp3) is 0.318. The Kier molecular flexibility index (Phi) is 6.09. The van der Waals surface area contributed by atoms with E-state index < -0.39 is 0 Å². The van der Waals surface area contributed by atoms with Gasteiger partial charge in [-0.25, -0.2) is 0 Å². The second-order valence-electron chi connectivity index (χ2n) is 7.11. The number of likely N-dealkylation sites (N-methyl/N-ethyl adjacent to an activating group) is 1. The number of rotatable bonds is 7. The smallest absolute Gasteiger partial charge is 0.260 e. The zero-order valence-electron chi connectivity index (χ0n) is 16.7. The van der Waals surface area contributed by atoms with E-state index in [-0.39, 0.29) is 19.1 Å². The number of hydrogen-bond donors (Lipinski definition) is 0. The first-order valence-corrected chi connectivity index (χ1v) is 9.29. The minimum atomic E-state index is -0.159. The Hall–Kier alpha value is -3.15. The number of aryl methyl sites for hydroxylation is 1. The van der Waals surface area contributed by atoms with Gasteiger partial charge >= 0.3 is 0 Å². The number of aromatic nitrogens is 2. The van der Waals surface area contributed by atoms with E-state index in [4.69, 9.17) is 9.26 Å². The van der Waals surface area contributed by atoms with Gasteiger partial charge in [-0.2, -0.15) is 4.98 Å². The van der Waals surface area contributed by atoms with E-state index in [1.54, 1.807) is 7.05 Å². The molecule has 3 aromatic rings. The van der Waals surface area contributed by atoms with Gasteiger partial charge in [-0.15, -0.1) is 0 Å². The zero-order valence-corrected chi connectivity index (χ0v) is 16.7. The summed E-state index contributed by atoms with van der Waals surface area (Å²) >= 11 is 0. The third kappa shape index (κ3) is 4.76. The molecule has 0 aliphatic carbocycles. The summed E-state index contributed by atoms with van der Waals surface area (Å²) in [5.41, 5.74) is 3.12. The third-order valence-electron chi connectivity index (χ3n) is 4.47. The molecule has 0 spiro atoms. The minimum Gasteiger partial charge on any atom is -0.483 e. The normalized spacial score (nSPS) is 10.9. The summed E-state index contributed by atoms with van der Waals surface area (Å²) in [5, 5.41) is 4.00. The highest BCUT2D eigenvalue weighted by Gasteiger charge is 2.16. The van der Waals surface area contributed by atoms with Crippen molar-refractivity contribution in [2.24, 2.45) is 0 Å². The van der Waals surface area contributed by atoms with Crippen molar-refractivity contribution in [1.29, 1.82) is 0 Å². The Balaban J connectivity index is 1.58. The fourth-order valence-electron chi connectivity index (χ4n) is 2.77. The van der Waals surface area contributed by atoms with Crippen LogP contribution < -0.4 is 4.74 Å². The number of ether oxygens (including phenoxy) is 1. The van der Waals surface area contributed by atoms with Gasteiger partial charge in [0.05, 0.1) is 6.54 Å². The van der Waals surface area contributed by atoms with Crippen LogP contribution in [0.15, 0.2) is 53.1 Å². The average Bonchev–Trinajstić information content (AvgIpc) is 3.15. The Bertz CT molecular complexity index is 932. The zero-order chi connectivity index (χ0) is 20.1. The van der Waals surface area contributed by atoms with E-state index in [0.29, 0.717) is 17.6 Å². The molecule has 0 saturated heterocycles. The summed E-state index contributed by atoms with van der Waals surface area (Å²) in [4.78, 5) is 18.3. The SMILES string of the molecule is Cc1ccc(-c2noc(CN(C)C(=O)COc3ccccc3C(C)C)n2)cc1. The molecule has 0 atom stereocenters. The lowest BCUT2D eigenvalue weighted by Gasteiger charge is -2.17. The highest BCUT2D eigenvalue weighted by molar-refractivity contribution is 5.77. The molecule has 1 aromatic heterocycles. The molecule has 0 bridgehead atoms. The summed E-state index contributed by atoms with van der Waals surface area (Å²) in [6.45, 7) is 6.40. The van der Waals surface area contributed by atoms with Crippen molar-refractivity contribution < 1.29 is 14.1 Å². The highest BCUT2D eigenvalue weighted by Crippen LogP contribution is 2.25. The fourth-order valence-corrected chi connectivity index (χ4v) is 2.77. The number of benzene rings is 2. The van der Waals surface area contributed by atoms with Crippen molar-refractivity contribution >= 4 is 5.91 Å². The molecule has 0 N–H and O–H groups in total. The molecule has 146 valence electrons. The van der Waals surface area contributed by atoms with Gasteiger partial charge < -0.3 is 14.2 Å². The molecule has 1 amide bonds. The van der Waals surface area contributed by atoms with E-state index in [1.807, 2.05) is 55.5 Å². The number of hydrogen-bond acceptors (Lipinski definition) is 5. The Morgan fingerprint density at radius 2 is 1.86 bits per heavy atom. The minimum absolute atomic E-state index is 0.0425. The van der Waals surface area contributed by atoms with E-state index in [2.05, 4.69) is 24.0 Å². The summed E-state index contributed by atoms with van der Waals surface area (Å²) in [7, 11) is 1.69.